The van der Waals surface area contributed by atoms with E-state index in [1.54, 1.807) is 0 Å². The maximum Gasteiger partial charge on any atom is 0.227 e. The molecule has 1 aromatic rings. The number of benzene rings is 1. The van der Waals surface area contributed by atoms with Gasteiger partial charge in [0.2, 0.25) is 5.91 Å². The number of rotatable bonds is 9. The second-order valence-corrected chi connectivity index (χ2v) is 8.84. The molecule has 0 radical (unpaired) electrons. The van der Waals surface area contributed by atoms with Crippen molar-refractivity contribution in [3.05, 3.63) is 28.7 Å². The van der Waals surface area contributed by atoms with E-state index in [1.165, 1.54) is 25.7 Å². The van der Waals surface area contributed by atoms with Gasteiger partial charge in [-0.15, -0.1) is 0 Å². The molecule has 0 saturated heterocycles. The molecule has 0 heterocycles. The van der Waals surface area contributed by atoms with E-state index in [0.29, 0.717) is 12.5 Å². The van der Waals surface area contributed by atoms with Gasteiger partial charge in [0.1, 0.15) is 0 Å². The fourth-order valence-corrected chi connectivity index (χ4v) is 3.39. The van der Waals surface area contributed by atoms with Gasteiger partial charge in [-0.05, 0) is 36.5 Å². The zero-order valence-electron chi connectivity index (χ0n) is 16.1. The molecule has 2 nitrogen and oxygen atoms in total. The number of amides is 1. The second kappa shape index (κ2) is 10.2. The van der Waals surface area contributed by atoms with Gasteiger partial charge in [-0.25, -0.2) is 0 Å². The van der Waals surface area contributed by atoms with Gasteiger partial charge in [-0.1, -0.05) is 82.3 Å². The quantitative estimate of drug-likeness (QED) is 0.441. The van der Waals surface area contributed by atoms with Crippen LogP contribution in [0.15, 0.2) is 28.7 Å². The molecule has 0 atom stereocenters. The molecule has 0 aliphatic heterocycles. The minimum Gasteiger partial charge on any atom is -0.309 e. The highest BCUT2D eigenvalue weighted by atomic mass is 79.9. The van der Waals surface area contributed by atoms with Crippen LogP contribution in [0.5, 0.6) is 0 Å². The molecule has 0 aliphatic carbocycles. The summed E-state index contributed by atoms with van der Waals surface area (Å²) < 4.78 is 1.03. The van der Waals surface area contributed by atoms with Crippen molar-refractivity contribution in [2.75, 3.05) is 4.90 Å². The summed E-state index contributed by atoms with van der Waals surface area (Å²) in [6, 6.07) is 8.48. The summed E-state index contributed by atoms with van der Waals surface area (Å²) in [5.74, 6) is 0.248. The van der Waals surface area contributed by atoms with Crippen LogP contribution in [0.25, 0.3) is 0 Å². The van der Waals surface area contributed by atoms with E-state index >= 15 is 0 Å². The predicted octanol–water partition coefficient (Wildman–Crippen LogP) is 6.97. The van der Waals surface area contributed by atoms with E-state index in [9.17, 15) is 4.79 Å². The number of carbonyl (C=O) groups excluding carboxylic acids is 1. The van der Waals surface area contributed by atoms with Crippen LogP contribution in [0.2, 0.25) is 0 Å². The molecule has 0 fully saturated rings. The number of anilines is 1. The van der Waals surface area contributed by atoms with Crippen LogP contribution < -0.4 is 4.90 Å². The topological polar surface area (TPSA) is 20.3 Å². The molecule has 24 heavy (non-hydrogen) atoms. The molecule has 136 valence electrons. The molecule has 0 aliphatic rings. The van der Waals surface area contributed by atoms with Crippen LogP contribution in [0.1, 0.15) is 79.6 Å². The van der Waals surface area contributed by atoms with E-state index in [2.05, 4.69) is 67.6 Å². The molecule has 0 bridgehead atoms. The zero-order chi connectivity index (χ0) is 18.2. The van der Waals surface area contributed by atoms with E-state index < -0.39 is 0 Å². The van der Waals surface area contributed by atoms with Gasteiger partial charge < -0.3 is 4.90 Å². The maximum atomic E-state index is 13.1. The Kier molecular flexibility index (Phi) is 9.04. The molecular weight excluding hydrogens is 362 g/mol. The van der Waals surface area contributed by atoms with Crippen molar-refractivity contribution < 1.29 is 4.79 Å². The van der Waals surface area contributed by atoms with Gasteiger partial charge in [0.15, 0.2) is 0 Å². The van der Waals surface area contributed by atoms with E-state index in [4.69, 9.17) is 0 Å². The lowest BCUT2D eigenvalue weighted by atomic mass is 9.90. The Morgan fingerprint density at radius 2 is 1.71 bits per heavy atom. The van der Waals surface area contributed by atoms with E-state index in [0.717, 1.165) is 23.0 Å². The summed E-state index contributed by atoms with van der Waals surface area (Å²) in [7, 11) is 0. The van der Waals surface area contributed by atoms with Crippen molar-refractivity contribution >= 4 is 27.5 Å². The SMILES string of the molecule is CCCCC(CCCC)N(C(=O)CC(C)(C)C)c1cccc(Br)c1. The minimum atomic E-state index is 0.00140. The van der Waals surface area contributed by atoms with Crippen LogP contribution in [0, 0.1) is 5.41 Å². The smallest absolute Gasteiger partial charge is 0.227 e. The fraction of sp³-hybridized carbons (Fsp3) is 0.667. The lowest BCUT2D eigenvalue weighted by Gasteiger charge is -2.34. The summed E-state index contributed by atoms with van der Waals surface area (Å²) in [5.41, 5.74) is 1.03. The van der Waals surface area contributed by atoms with E-state index in [1.807, 2.05) is 12.1 Å². The van der Waals surface area contributed by atoms with Gasteiger partial charge in [-0.2, -0.15) is 0 Å². The standard InChI is InChI=1S/C21H34BrNO/c1-6-8-12-18(13-9-7-2)23(20(24)16-21(3,4)5)19-14-10-11-17(22)15-19/h10-11,14-15,18H,6-9,12-13,16H2,1-5H3. The number of nitrogens with zero attached hydrogens (tertiary/aromatic N) is 1. The largest absolute Gasteiger partial charge is 0.309 e. The summed E-state index contributed by atoms with van der Waals surface area (Å²) in [6.45, 7) is 10.8. The van der Waals surface area contributed by atoms with Gasteiger partial charge in [-0.3, -0.25) is 4.79 Å². The Balaban J connectivity index is 3.14. The Labute approximate surface area is 157 Å². The minimum absolute atomic E-state index is 0.00140. The van der Waals surface area contributed by atoms with Crippen molar-refractivity contribution in [2.45, 2.75) is 85.6 Å². The fourth-order valence-electron chi connectivity index (χ4n) is 3.01. The average Bonchev–Trinajstić information content (AvgIpc) is 2.48. The number of unbranched alkanes of at least 4 members (excludes halogenated alkanes) is 2. The lowest BCUT2D eigenvalue weighted by Crippen LogP contribution is -2.42. The van der Waals surface area contributed by atoms with Crippen LogP contribution in [0.4, 0.5) is 5.69 Å². The third-order valence-corrected chi connectivity index (χ3v) is 4.68. The van der Waals surface area contributed by atoms with E-state index in [-0.39, 0.29) is 11.3 Å². The highest BCUT2D eigenvalue weighted by Crippen LogP contribution is 2.29. The van der Waals surface area contributed by atoms with Crippen molar-refractivity contribution in [3.8, 4) is 0 Å². The van der Waals surface area contributed by atoms with Crippen molar-refractivity contribution in [2.24, 2.45) is 5.41 Å². The molecule has 0 saturated carbocycles. The van der Waals surface area contributed by atoms with Gasteiger partial charge in [0, 0.05) is 22.6 Å². The van der Waals surface area contributed by atoms with Crippen molar-refractivity contribution in [1.82, 2.24) is 0 Å². The Bertz CT molecular complexity index is 499. The van der Waals surface area contributed by atoms with Crippen LogP contribution in [-0.2, 0) is 4.79 Å². The van der Waals surface area contributed by atoms with Gasteiger partial charge in [0.25, 0.3) is 0 Å². The molecule has 3 heteroatoms. The molecule has 0 unspecified atom stereocenters. The number of hydrogen-bond donors (Lipinski definition) is 0. The first-order valence-corrected chi connectivity index (χ1v) is 10.2. The van der Waals surface area contributed by atoms with Crippen LogP contribution in [-0.4, -0.2) is 11.9 Å². The van der Waals surface area contributed by atoms with Crippen LogP contribution >= 0.6 is 15.9 Å². The highest BCUT2D eigenvalue weighted by molar-refractivity contribution is 9.10. The normalized spacial score (nSPS) is 11.8. The average molecular weight is 396 g/mol. The molecule has 0 aromatic heterocycles. The van der Waals surface area contributed by atoms with Gasteiger partial charge in [0.05, 0.1) is 0 Å². The molecule has 0 N–H and O–H groups in total. The van der Waals surface area contributed by atoms with Crippen molar-refractivity contribution in [3.63, 3.8) is 0 Å². The third kappa shape index (κ3) is 7.38. The lowest BCUT2D eigenvalue weighted by molar-refractivity contribution is -0.120. The monoisotopic (exact) mass is 395 g/mol. The summed E-state index contributed by atoms with van der Waals surface area (Å²) >= 11 is 3.56. The second-order valence-electron chi connectivity index (χ2n) is 7.92. The number of hydrogen-bond acceptors (Lipinski definition) is 1. The summed E-state index contributed by atoms with van der Waals surface area (Å²) in [5, 5.41) is 0. The number of carbonyl (C=O) groups is 1. The Hall–Kier alpha value is -0.830. The maximum absolute atomic E-state index is 13.1. The molecule has 1 amide bonds. The molecule has 1 aromatic carbocycles. The number of halogens is 1. The van der Waals surface area contributed by atoms with Crippen molar-refractivity contribution in [1.29, 1.82) is 0 Å². The predicted molar refractivity (Wildman–Crippen MR) is 109 cm³/mol. The van der Waals surface area contributed by atoms with Gasteiger partial charge >= 0.3 is 0 Å². The molecule has 1 rings (SSSR count). The third-order valence-electron chi connectivity index (χ3n) is 4.18. The highest BCUT2D eigenvalue weighted by Gasteiger charge is 2.28. The first kappa shape index (κ1) is 21.2. The Morgan fingerprint density at radius 3 is 2.17 bits per heavy atom. The molecule has 0 spiro atoms. The Morgan fingerprint density at radius 1 is 1.12 bits per heavy atom. The summed E-state index contributed by atoms with van der Waals surface area (Å²) in [6.07, 6.45) is 7.42. The van der Waals surface area contributed by atoms with Crippen LogP contribution in [0.3, 0.4) is 0 Å². The zero-order valence-corrected chi connectivity index (χ0v) is 17.7. The molecular formula is C21H34BrNO. The first-order valence-electron chi connectivity index (χ1n) is 9.36. The first-order chi connectivity index (χ1) is 11.3. The summed E-state index contributed by atoms with van der Waals surface area (Å²) in [4.78, 5) is 15.2.